The first-order valence-electron chi connectivity index (χ1n) is 5.65. The zero-order valence-electron chi connectivity index (χ0n) is 10.6. The molecule has 2 heterocycles. The average Bonchev–Trinajstić information content (AvgIpc) is 2.87. The Labute approximate surface area is 109 Å². The molecule has 0 unspecified atom stereocenters. The molecule has 96 valence electrons. The van der Waals surface area contributed by atoms with Gasteiger partial charge in [0.2, 0.25) is 5.91 Å². The Bertz CT molecular complexity index is 540. The molecule has 0 spiro atoms. The SMILES string of the molecule is Cc1csc(CNC(=O)Cc2c(C)noc2C)n1. The van der Waals surface area contributed by atoms with Crippen LogP contribution in [0.4, 0.5) is 0 Å². The van der Waals surface area contributed by atoms with E-state index in [-0.39, 0.29) is 5.91 Å². The van der Waals surface area contributed by atoms with Crippen molar-refractivity contribution in [1.29, 1.82) is 0 Å². The van der Waals surface area contributed by atoms with Crippen LogP contribution in [-0.4, -0.2) is 16.0 Å². The summed E-state index contributed by atoms with van der Waals surface area (Å²) < 4.78 is 5.02. The molecule has 18 heavy (non-hydrogen) atoms. The summed E-state index contributed by atoms with van der Waals surface area (Å²) in [7, 11) is 0. The Kier molecular flexibility index (Phi) is 3.76. The largest absolute Gasteiger partial charge is 0.361 e. The highest BCUT2D eigenvalue weighted by Crippen LogP contribution is 2.13. The Morgan fingerprint density at radius 3 is 2.78 bits per heavy atom. The Morgan fingerprint density at radius 2 is 2.22 bits per heavy atom. The van der Waals surface area contributed by atoms with Gasteiger partial charge in [0.15, 0.2) is 0 Å². The molecule has 0 atom stereocenters. The van der Waals surface area contributed by atoms with Crippen LogP contribution in [0.5, 0.6) is 0 Å². The Balaban J connectivity index is 1.89. The van der Waals surface area contributed by atoms with Crippen LogP contribution in [0.2, 0.25) is 0 Å². The number of nitrogens with zero attached hydrogens (tertiary/aromatic N) is 2. The van der Waals surface area contributed by atoms with E-state index in [1.54, 1.807) is 11.3 Å². The van der Waals surface area contributed by atoms with E-state index in [1.807, 2.05) is 26.2 Å². The van der Waals surface area contributed by atoms with Gasteiger partial charge in [-0.05, 0) is 20.8 Å². The van der Waals surface area contributed by atoms with Crippen molar-refractivity contribution in [3.8, 4) is 0 Å². The molecule has 2 aromatic heterocycles. The fourth-order valence-electron chi connectivity index (χ4n) is 1.64. The minimum absolute atomic E-state index is 0.0442. The van der Waals surface area contributed by atoms with Crippen molar-refractivity contribution in [3.05, 3.63) is 33.1 Å². The molecule has 1 N–H and O–H groups in total. The summed E-state index contributed by atoms with van der Waals surface area (Å²) in [5, 5.41) is 9.55. The zero-order valence-corrected chi connectivity index (χ0v) is 11.4. The van der Waals surface area contributed by atoms with Crippen LogP contribution in [0.1, 0.15) is 27.7 Å². The molecule has 0 saturated heterocycles. The van der Waals surface area contributed by atoms with Crippen LogP contribution in [0.15, 0.2) is 9.90 Å². The van der Waals surface area contributed by atoms with E-state index in [2.05, 4.69) is 15.5 Å². The third kappa shape index (κ3) is 2.95. The number of carbonyl (C=O) groups excluding carboxylic acids is 1. The monoisotopic (exact) mass is 265 g/mol. The number of rotatable bonds is 4. The van der Waals surface area contributed by atoms with Gasteiger partial charge in [0, 0.05) is 16.6 Å². The molecule has 2 rings (SSSR count). The highest BCUT2D eigenvalue weighted by atomic mass is 32.1. The van der Waals surface area contributed by atoms with E-state index >= 15 is 0 Å². The van der Waals surface area contributed by atoms with Gasteiger partial charge in [-0.15, -0.1) is 11.3 Å². The van der Waals surface area contributed by atoms with Gasteiger partial charge in [0.05, 0.1) is 18.7 Å². The minimum Gasteiger partial charge on any atom is -0.361 e. The molecular weight excluding hydrogens is 250 g/mol. The summed E-state index contributed by atoms with van der Waals surface area (Å²) in [6, 6.07) is 0. The number of aryl methyl sites for hydroxylation is 3. The second-order valence-corrected chi connectivity index (χ2v) is 5.08. The van der Waals surface area contributed by atoms with E-state index in [4.69, 9.17) is 4.52 Å². The van der Waals surface area contributed by atoms with Gasteiger partial charge in [0.25, 0.3) is 0 Å². The molecule has 0 aliphatic heterocycles. The number of amides is 1. The van der Waals surface area contributed by atoms with Crippen LogP contribution in [0.3, 0.4) is 0 Å². The van der Waals surface area contributed by atoms with Crippen molar-refractivity contribution in [2.24, 2.45) is 0 Å². The van der Waals surface area contributed by atoms with E-state index in [1.165, 1.54) is 0 Å². The first kappa shape index (κ1) is 12.8. The highest BCUT2D eigenvalue weighted by molar-refractivity contribution is 7.09. The molecule has 2 aromatic rings. The van der Waals surface area contributed by atoms with Crippen molar-refractivity contribution in [1.82, 2.24) is 15.5 Å². The normalized spacial score (nSPS) is 10.6. The molecule has 0 aliphatic rings. The number of nitrogens with one attached hydrogen (secondary N) is 1. The molecule has 0 bridgehead atoms. The Hall–Kier alpha value is -1.69. The van der Waals surface area contributed by atoms with Crippen LogP contribution < -0.4 is 5.32 Å². The Morgan fingerprint density at radius 1 is 1.44 bits per heavy atom. The maximum Gasteiger partial charge on any atom is 0.224 e. The third-order valence-electron chi connectivity index (χ3n) is 2.62. The summed E-state index contributed by atoms with van der Waals surface area (Å²) >= 11 is 1.55. The quantitative estimate of drug-likeness (QED) is 0.917. The van der Waals surface area contributed by atoms with Crippen LogP contribution in [-0.2, 0) is 17.8 Å². The van der Waals surface area contributed by atoms with Crippen molar-refractivity contribution in [3.63, 3.8) is 0 Å². The number of hydrogen-bond donors (Lipinski definition) is 1. The summed E-state index contributed by atoms with van der Waals surface area (Å²) in [6.07, 6.45) is 0.297. The lowest BCUT2D eigenvalue weighted by molar-refractivity contribution is -0.120. The smallest absolute Gasteiger partial charge is 0.224 e. The van der Waals surface area contributed by atoms with Gasteiger partial charge < -0.3 is 9.84 Å². The maximum absolute atomic E-state index is 11.8. The van der Waals surface area contributed by atoms with E-state index in [0.717, 1.165) is 22.0 Å². The minimum atomic E-state index is -0.0442. The molecule has 0 saturated carbocycles. The second-order valence-electron chi connectivity index (χ2n) is 4.14. The van der Waals surface area contributed by atoms with E-state index < -0.39 is 0 Å². The molecule has 5 nitrogen and oxygen atoms in total. The fraction of sp³-hybridized carbons (Fsp3) is 0.417. The average molecular weight is 265 g/mol. The van der Waals surface area contributed by atoms with Gasteiger partial charge in [-0.2, -0.15) is 0 Å². The summed E-state index contributed by atoms with van der Waals surface area (Å²) in [6.45, 7) is 6.06. The lowest BCUT2D eigenvalue weighted by Crippen LogP contribution is -2.24. The highest BCUT2D eigenvalue weighted by Gasteiger charge is 2.13. The summed E-state index contributed by atoms with van der Waals surface area (Å²) in [5.74, 6) is 0.657. The van der Waals surface area contributed by atoms with Crippen LogP contribution >= 0.6 is 11.3 Å². The first-order chi connectivity index (χ1) is 8.56. The third-order valence-corrected chi connectivity index (χ3v) is 3.59. The van der Waals surface area contributed by atoms with Gasteiger partial charge in [-0.25, -0.2) is 4.98 Å². The summed E-state index contributed by atoms with van der Waals surface area (Å²) in [5.41, 5.74) is 2.62. The number of hydrogen-bond acceptors (Lipinski definition) is 5. The van der Waals surface area contributed by atoms with Crippen LogP contribution in [0.25, 0.3) is 0 Å². The molecule has 0 fully saturated rings. The van der Waals surface area contributed by atoms with Crippen molar-refractivity contribution >= 4 is 17.2 Å². The molecule has 0 aliphatic carbocycles. The van der Waals surface area contributed by atoms with Gasteiger partial charge in [0.1, 0.15) is 10.8 Å². The lowest BCUT2D eigenvalue weighted by atomic mass is 10.1. The molecule has 0 aromatic carbocycles. The summed E-state index contributed by atoms with van der Waals surface area (Å²) in [4.78, 5) is 16.1. The predicted molar refractivity (Wildman–Crippen MR) is 68.4 cm³/mol. The predicted octanol–water partition coefficient (Wildman–Crippen LogP) is 1.92. The van der Waals surface area contributed by atoms with Crippen molar-refractivity contribution in [2.75, 3.05) is 0 Å². The van der Waals surface area contributed by atoms with Gasteiger partial charge in [-0.3, -0.25) is 4.79 Å². The molecular formula is C12H15N3O2S. The second kappa shape index (κ2) is 5.30. The molecule has 1 amide bonds. The van der Waals surface area contributed by atoms with E-state index in [9.17, 15) is 4.79 Å². The van der Waals surface area contributed by atoms with Crippen molar-refractivity contribution < 1.29 is 9.32 Å². The van der Waals surface area contributed by atoms with Crippen molar-refractivity contribution in [2.45, 2.75) is 33.7 Å². The number of thiazole rings is 1. The number of aromatic nitrogens is 2. The molecule has 0 radical (unpaired) electrons. The standard InChI is InChI=1S/C12H15N3O2S/c1-7-6-18-12(14-7)5-13-11(16)4-10-8(2)15-17-9(10)3/h6H,4-5H2,1-3H3,(H,13,16). The lowest BCUT2D eigenvalue weighted by Gasteiger charge is -2.02. The molecule has 6 heteroatoms. The maximum atomic E-state index is 11.8. The number of carbonyl (C=O) groups is 1. The van der Waals surface area contributed by atoms with E-state index in [0.29, 0.717) is 18.7 Å². The van der Waals surface area contributed by atoms with Gasteiger partial charge in [-0.1, -0.05) is 5.16 Å². The first-order valence-corrected chi connectivity index (χ1v) is 6.53. The topological polar surface area (TPSA) is 68.0 Å². The van der Waals surface area contributed by atoms with Crippen LogP contribution in [0, 0.1) is 20.8 Å². The fourth-order valence-corrected chi connectivity index (χ4v) is 2.35. The zero-order chi connectivity index (χ0) is 13.1. The van der Waals surface area contributed by atoms with Gasteiger partial charge >= 0.3 is 0 Å².